The number of ether oxygens (including phenoxy) is 1. The molecule has 6 rings (SSSR count). The first-order valence-corrected chi connectivity index (χ1v) is 14.4. The van der Waals surface area contributed by atoms with Gasteiger partial charge in [-0.05, 0) is 92.8 Å². The average molecular weight is 501 g/mol. The third-order valence-corrected chi connectivity index (χ3v) is 13.2. The number of hydrogen-bond donors (Lipinski definition) is 3. The van der Waals surface area contributed by atoms with E-state index in [1.165, 1.54) is 0 Å². The molecule has 36 heavy (non-hydrogen) atoms. The summed E-state index contributed by atoms with van der Waals surface area (Å²) in [5.41, 5.74) is 0.541. The van der Waals surface area contributed by atoms with Crippen LogP contribution in [0.4, 0.5) is 0 Å². The molecule has 5 aliphatic carbocycles. The highest BCUT2D eigenvalue weighted by Gasteiger charge is 2.75. The number of hydrogen-bond acceptors (Lipinski definition) is 6. The molecule has 1 aliphatic heterocycles. The number of aliphatic hydroxyl groups is 3. The number of aliphatic hydroxyl groups excluding tert-OH is 3. The zero-order valence-corrected chi connectivity index (χ0v) is 22.3. The average Bonchev–Trinajstić information content (AvgIpc) is 3.16. The Morgan fingerprint density at radius 1 is 1.03 bits per heavy atom. The highest BCUT2D eigenvalue weighted by Crippen LogP contribution is 2.76. The van der Waals surface area contributed by atoms with Crippen molar-refractivity contribution < 1.29 is 29.6 Å². The third-order valence-electron chi connectivity index (χ3n) is 13.2. The first-order valence-electron chi connectivity index (χ1n) is 14.4. The molecule has 5 saturated carbocycles. The maximum Gasteiger partial charge on any atom is 0.336 e. The number of carbonyl (C=O) groups excluding carboxylic acids is 2. The molecule has 0 aromatic rings. The number of carbonyl (C=O) groups is 2. The molecule has 1 heterocycles. The summed E-state index contributed by atoms with van der Waals surface area (Å²) in [5.74, 6) is 2.14. The molecule has 3 N–H and O–H groups in total. The van der Waals surface area contributed by atoms with Gasteiger partial charge in [-0.15, -0.1) is 0 Å². The fourth-order valence-corrected chi connectivity index (χ4v) is 11.2. The van der Waals surface area contributed by atoms with Crippen molar-refractivity contribution in [3.63, 3.8) is 0 Å². The number of fused-ring (bicyclic) bond motifs is 4. The zero-order valence-electron chi connectivity index (χ0n) is 22.3. The van der Waals surface area contributed by atoms with E-state index in [-0.39, 0.29) is 48.1 Å². The number of cyclic esters (lactones) is 1. The SMILES string of the molecule is CC1=C(CO)C(=O)OC([C@@H](C)C2CCC3C4C[C@H]5CC[C@]56[C@@H](O)[C@@H](O)CC(=O)[C@]6(C)C4CC[C@@]32C)C1. The van der Waals surface area contributed by atoms with Gasteiger partial charge in [-0.25, -0.2) is 4.79 Å². The van der Waals surface area contributed by atoms with Crippen molar-refractivity contribution in [2.45, 2.75) is 104 Å². The summed E-state index contributed by atoms with van der Waals surface area (Å²) in [5, 5.41) is 31.4. The van der Waals surface area contributed by atoms with E-state index in [0.717, 1.165) is 50.5 Å². The molecular weight excluding hydrogens is 456 g/mol. The first kappa shape index (κ1) is 25.1. The number of ketones is 1. The summed E-state index contributed by atoms with van der Waals surface area (Å²) in [6.45, 7) is 8.54. The molecule has 0 aromatic heterocycles. The van der Waals surface area contributed by atoms with Crippen LogP contribution < -0.4 is 0 Å². The predicted octanol–water partition coefficient (Wildman–Crippen LogP) is 3.81. The van der Waals surface area contributed by atoms with E-state index in [0.29, 0.717) is 35.7 Å². The molecule has 0 aromatic carbocycles. The van der Waals surface area contributed by atoms with Crippen LogP contribution in [0, 0.1) is 51.8 Å². The molecule has 200 valence electrons. The van der Waals surface area contributed by atoms with Gasteiger partial charge in [-0.1, -0.05) is 26.3 Å². The summed E-state index contributed by atoms with van der Waals surface area (Å²) in [7, 11) is 0. The topological polar surface area (TPSA) is 104 Å². The molecule has 1 spiro atoms. The zero-order chi connectivity index (χ0) is 25.8. The van der Waals surface area contributed by atoms with Crippen LogP contribution in [0.3, 0.4) is 0 Å². The Morgan fingerprint density at radius 2 is 1.78 bits per heavy atom. The van der Waals surface area contributed by atoms with Gasteiger partial charge in [-0.2, -0.15) is 0 Å². The van der Waals surface area contributed by atoms with E-state index in [1.807, 2.05) is 6.92 Å². The molecule has 0 bridgehead atoms. The number of rotatable bonds is 3. The van der Waals surface area contributed by atoms with Crippen LogP contribution in [-0.4, -0.2) is 52.0 Å². The Bertz CT molecular complexity index is 1000. The lowest BCUT2D eigenvalue weighted by molar-refractivity contribution is -0.275. The minimum atomic E-state index is -0.919. The van der Waals surface area contributed by atoms with Crippen molar-refractivity contribution in [1.82, 2.24) is 0 Å². The molecule has 6 heteroatoms. The van der Waals surface area contributed by atoms with Gasteiger partial charge in [0.25, 0.3) is 0 Å². The van der Waals surface area contributed by atoms with Gasteiger partial charge in [-0.3, -0.25) is 4.79 Å². The minimum Gasteiger partial charge on any atom is -0.458 e. The quantitative estimate of drug-likeness (QED) is 0.509. The Balaban J connectivity index is 1.28. The van der Waals surface area contributed by atoms with Crippen molar-refractivity contribution in [2.75, 3.05) is 6.61 Å². The van der Waals surface area contributed by atoms with Gasteiger partial charge >= 0.3 is 5.97 Å². The molecule has 0 amide bonds. The van der Waals surface area contributed by atoms with E-state index in [9.17, 15) is 24.9 Å². The second-order valence-corrected chi connectivity index (χ2v) is 13.9. The highest BCUT2D eigenvalue weighted by atomic mass is 16.5. The lowest BCUT2D eigenvalue weighted by Crippen LogP contribution is -2.74. The molecule has 0 saturated heterocycles. The second-order valence-electron chi connectivity index (χ2n) is 13.9. The van der Waals surface area contributed by atoms with Gasteiger partial charge < -0.3 is 20.1 Å². The van der Waals surface area contributed by atoms with Crippen LogP contribution in [0.1, 0.15) is 85.5 Å². The standard InChI is InChI=1S/C30H44O6/c1-15-11-24(36-27(35)19(15)14-31)16(2)20-5-6-21-18-12-17-7-10-30(17)26(34)23(32)13-25(33)29(30,4)22(18)8-9-28(20,21)3/h16-18,20-24,26,31-32,34H,5-14H2,1-4H3/t16-,17+,18?,20?,21?,22?,23-,24?,26-,28+,29-,30+/m0/s1. The van der Waals surface area contributed by atoms with Crippen LogP contribution >= 0.6 is 0 Å². The lowest BCUT2D eigenvalue weighted by Gasteiger charge is -2.72. The number of Topliss-reactive ketones (excluding diaryl/α,β-unsaturated/α-hetero) is 1. The summed E-state index contributed by atoms with van der Waals surface area (Å²) >= 11 is 0. The third kappa shape index (κ3) is 2.90. The van der Waals surface area contributed by atoms with Gasteiger partial charge in [0.2, 0.25) is 0 Å². The van der Waals surface area contributed by atoms with Crippen LogP contribution in [0.5, 0.6) is 0 Å². The van der Waals surface area contributed by atoms with Crippen LogP contribution in [0.15, 0.2) is 11.1 Å². The number of esters is 1. The molecular formula is C30H44O6. The highest BCUT2D eigenvalue weighted by molar-refractivity contribution is 5.90. The molecule has 6 aliphatic rings. The largest absolute Gasteiger partial charge is 0.458 e. The Morgan fingerprint density at radius 3 is 2.42 bits per heavy atom. The fourth-order valence-electron chi connectivity index (χ4n) is 11.2. The maximum absolute atomic E-state index is 13.7. The van der Waals surface area contributed by atoms with Crippen molar-refractivity contribution in [3.05, 3.63) is 11.1 Å². The van der Waals surface area contributed by atoms with Gasteiger partial charge in [0, 0.05) is 23.7 Å². The summed E-state index contributed by atoms with van der Waals surface area (Å²) < 4.78 is 5.87. The Labute approximate surface area is 214 Å². The second kappa shape index (κ2) is 8.13. The maximum atomic E-state index is 13.7. The summed E-state index contributed by atoms with van der Waals surface area (Å²) in [6.07, 6.45) is 6.25. The lowest BCUT2D eigenvalue weighted by atomic mass is 9.31. The normalized spacial score (nSPS) is 53.0. The van der Waals surface area contributed by atoms with Crippen LogP contribution in [0.2, 0.25) is 0 Å². The van der Waals surface area contributed by atoms with Crippen LogP contribution in [0.25, 0.3) is 0 Å². The first-order chi connectivity index (χ1) is 17.0. The van der Waals surface area contributed by atoms with Crippen molar-refractivity contribution in [1.29, 1.82) is 0 Å². The van der Waals surface area contributed by atoms with Crippen molar-refractivity contribution >= 4 is 11.8 Å². The fraction of sp³-hybridized carbons (Fsp3) is 0.867. The minimum absolute atomic E-state index is 0.0900. The van der Waals surface area contributed by atoms with Gasteiger partial charge in [0.05, 0.1) is 24.4 Å². The molecule has 6 nitrogen and oxygen atoms in total. The Hall–Kier alpha value is -1.24. The molecule has 12 atom stereocenters. The predicted molar refractivity (Wildman–Crippen MR) is 134 cm³/mol. The molecule has 0 radical (unpaired) electrons. The molecule has 5 fully saturated rings. The Kier molecular flexibility index (Phi) is 5.66. The van der Waals surface area contributed by atoms with E-state index in [1.54, 1.807) is 0 Å². The summed E-state index contributed by atoms with van der Waals surface area (Å²) in [4.78, 5) is 26.2. The smallest absolute Gasteiger partial charge is 0.336 e. The molecule has 5 unspecified atom stereocenters. The van der Waals surface area contributed by atoms with Crippen LogP contribution in [-0.2, 0) is 14.3 Å². The summed E-state index contributed by atoms with van der Waals surface area (Å²) in [6, 6.07) is 0. The van der Waals surface area contributed by atoms with Crippen molar-refractivity contribution in [2.24, 2.45) is 51.8 Å². The van der Waals surface area contributed by atoms with E-state index in [2.05, 4.69) is 20.8 Å². The van der Waals surface area contributed by atoms with Gasteiger partial charge in [0.15, 0.2) is 0 Å². The van der Waals surface area contributed by atoms with E-state index < -0.39 is 23.0 Å². The van der Waals surface area contributed by atoms with Crippen molar-refractivity contribution in [3.8, 4) is 0 Å². The monoisotopic (exact) mass is 500 g/mol. The van der Waals surface area contributed by atoms with Gasteiger partial charge in [0.1, 0.15) is 11.9 Å². The van der Waals surface area contributed by atoms with E-state index >= 15 is 0 Å². The van der Waals surface area contributed by atoms with E-state index in [4.69, 9.17) is 4.74 Å².